The summed E-state index contributed by atoms with van der Waals surface area (Å²) in [5.41, 5.74) is 7.12. The summed E-state index contributed by atoms with van der Waals surface area (Å²) in [5, 5.41) is 4.19. The second kappa shape index (κ2) is 6.52. The number of rotatable bonds is 6. The van der Waals surface area contributed by atoms with Gasteiger partial charge in [-0.25, -0.2) is 9.67 Å². The Hall–Kier alpha value is -1.88. The van der Waals surface area contributed by atoms with Crippen molar-refractivity contribution >= 4 is 0 Å². The van der Waals surface area contributed by atoms with Crippen molar-refractivity contribution in [2.75, 3.05) is 0 Å². The number of benzene rings is 1. The van der Waals surface area contributed by atoms with Gasteiger partial charge in [0.15, 0.2) is 5.82 Å². The van der Waals surface area contributed by atoms with Gasteiger partial charge in [0.2, 0.25) is 0 Å². The molecule has 108 valence electrons. The Balaban J connectivity index is 1.99. The molecule has 0 saturated heterocycles. The largest absolute Gasteiger partial charge is 0.486 e. The van der Waals surface area contributed by atoms with Crippen LogP contribution < -0.4 is 10.5 Å². The first kappa shape index (κ1) is 14.5. The zero-order valence-electron chi connectivity index (χ0n) is 12.3. The summed E-state index contributed by atoms with van der Waals surface area (Å²) < 4.78 is 7.61. The van der Waals surface area contributed by atoms with Crippen LogP contribution in [0.15, 0.2) is 30.6 Å². The molecule has 5 heteroatoms. The van der Waals surface area contributed by atoms with Crippen molar-refractivity contribution in [3.8, 4) is 5.75 Å². The highest BCUT2D eigenvalue weighted by Gasteiger charge is 2.08. The monoisotopic (exact) mass is 274 g/mol. The Kier molecular flexibility index (Phi) is 4.74. The van der Waals surface area contributed by atoms with E-state index in [1.54, 1.807) is 6.33 Å². The van der Waals surface area contributed by atoms with Crippen LogP contribution in [0.5, 0.6) is 5.75 Å². The summed E-state index contributed by atoms with van der Waals surface area (Å²) in [6.07, 6.45) is 2.49. The molecule has 20 heavy (non-hydrogen) atoms. The van der Waals surface area contributed by atoms with E-state index in [9.17, 15) is 0 Å². The van der Waals surface area contributed by atoms with Gasteiger partial charge in [0.25, 0.3) is 0 Å². The van der Waals surface area contributed by atoms with Gasteiger partial charge in [0.05, 0.1) is 0 Å². The van der Waals surface area contributed by atoms with Crippen molar-refractivity contribution in [3.05, 3.63) is 42.0 Å². The van der Waals surface area contributed by atoms with Crippen LogP contribution in [0.1, 0.15) is 50.7 Å². The molecule has 2 N–H and O–H groups in total. The summed E-state index contributed by atoms with van der Waals surface area (Å²) in [7, 11) is 0. The Morgan fingerprint density at radius 3 is 2.55 bits per heavy atom. The molecule has 0 aliphatic carbocycles. The van der Waals surface area contributed by atoms with Crippen LogP contribution >= 0.6 is 0 Å². The van der Waals surface area contributed by atoms with E-state index in [4.69, 9.17) is 10.5 Å². The number of hydrogen-bond donors (Lipinski definition) is 1. The second-order valence-corrected chi connectivity index (χ2v) is 5.09. The molecule has 1 heterocycles. The molecule has 1 atom stereocenters. The first-order valence-electron chi connectivity index (χ1n) is 6.98. The van der Waals surface area contributed by atoms with Gasteiger partial charge in [0.1, 0.15) is 18.7 Å². The Bertz CT molecular complexity index is 533. The van der Waals surface area contributed by atoms with E-state index in [1.807, 2.05) is 28.9 Å². The summed E-state index contributed by atoms with van der Waals surface area (Å²) in [6, 6.07) is 8.28. The minimum Gasteiger partial charge on any atom is -0.486 e. The van der Waals surface area contributed by atoms with Crippen molar-refractivity contribution in [2.45, 2.75) is 45.9 Å². The second-order valence-electron chi connectivity index (χ2n) is 5.09. The lowest BCUT2D eigenvalue weighted by Gasteiger charge is -2.12. The molecule has 0 radical (unpaired) electrons. The molecule has 0 aliphatic rings. The summed E-state index contributed by atoms with van der Waals surface area (Å²) in [5.74, 6) is 1.64. The van der Waals surface area contributed by atoms with E-state index in [0.29, 0.717) is 6.61 Å². The fraction of sp³-hybridized carbons (Fsp3) is 0.467. The average molecular weight is 274 g/mol. The lowest BCUT2D eigenvalue weighted by Crippen LogP contribution is -2.11. The van der Waals surface area contributed by atoms with E-state index in [2.05, 4.69) is 30.9 Å². The van der Waals surface area contributed by atoms with Crippen molar-refractivity contribution < 1.29 is 4.74 Å². The predicted octanol–water partition coefficient (Wildman–Crippen LogP) is 2.85. The van der Waals surface area contributed by atoms with Gasteiger partial charge < -0.3 is 10.5 Å². The summed E-state index contributed by atoms with van der Waals surface area (Å²) in [6.45, 7) is 6.63. The lowest BCUT2D eigenvalue weighted by atomic mass is 10.1. The maximum absolute atomic E-state index is 5.99. The van der Waals surface area contributed by atoms with Crippen molar-refractivity contribution in [3.63, 3.8) is 0 Å². The smallest absolute Gasteiger partial charge is 0.165 e. The third-order valence-electron chi connectivity index (χ3n) is 3.25. The number of nitrogens with zero attached hydrogens (tertiary/aromatic N) is 3. The van der Waals surface area contributed by atoms with E-state index in [0.717, 1.165) is 23.6 Å². The minimum absolute atomic E-state index is 0.0908. The van der Waals surface area contributed by atoms with Crippen molar-refractivity contribution in [2.24, 2.45) is 5.73 Å². The van der Waals surface area contributed by atoms with E-state index in [1.165, 1.54) is 0 Å². The van der Waals surface area contributed by atoms with E-state index in [-0.39, 0.29) is 12.1 Å². The normalized spacial score (nSPS) is 12.7. The molecule has 5 nitrogen and oxygen atoms in total. The van der Waals surface area contributed by atoms with Gasteiger partial charge in [0, 0.05) is 12.1 Å². The maximum atomic E-state index is 5.99. The third kappa shape index (κ3) is 3.36. The van der Waals surface area contributed by atoms with Gasteiger partial charge in [-0.1, -0.05) is 19.1 Å². The topological polar surface area (TPSA) is 66.0 Å². The quantitative estimate of drug-likeness (QED) is 0.879. The van der Waals surface area contributed by atoms with Gasteiger partial charge >= 0.3 is 0 Å². The Labute approximate surface area is 119 Å². The number of ether oxygens (including phenoxy) is 1. The zero-order chi connectivity index (χ0) is 14.5. The van der Waals surface area contributed by atoms with Crippen LogP contribution in [0.3, 0.4) is 0 Å². The highest BCUT2D eigenvalue weighted by Crippen LogP contribution is 2.19. The van der Waals surface area contributed by atoms with Crippen molar-refractivity contribution in [1.29, 1.82) is 0 Å². The Morgan fingerprint density at radius 1 is 1.25 bits per heavy atom. The molecule has 1 aromatic carbocycles. The molecule has 2 rings (SSSR count). The summed E-state index contributed by atoms with van der Waals surface area (Å²) >= 11 is 0. The molecule has 0 spiro atoms. The van der Waals surface area contributed by atoms with Gasteiger partial charge in [-0.05, 0) is 38.0 Å². The zero-order valence-corrected chi connectivity index (χ0v) is 12.3. The molecular weight excluding hydrogens is 252 g/mol. The molecule has 0 bridgehead atoms. The third-order valence-corrected chi connectivity index (χ3v) is 3.25. The van der Waals surface area contributed by atoms with Crippen LogP contribution in [-0.2, 0) is 6.61 Å². The molecule has 0 saturated carbocycles. The summed E-state index contributed by atoms with van der Waals surface area (Å²) in [4.78, 5) is 4.22. The minimum atomic E-state index is 0.0908. The number of aromatic nitrogens is 3. The number of nitrogens with two attached hydrogens (primary N) is 1. The molecule has 2 aromatic rings. The predicted molar refractivity (Wildman–Crippen MR) is 78.4 cm³/mol. The van der Waals surface area contributed by atoms with Crippen molar-refractivity contribution in [1.82, 2.24) is 14.8 Å². The van der Waals surface area contributed by atoms with E-state index < -0.39 is 0 Å². The fourth-order valence-electron chi connectivity index (χ4n) is 2.00. The maximum Gasteiger partial charge on any atom is 0.165 e. The SMILES string of the molecule is CCC(N)c1ccc(OCc2ncnn2C(C)C)cc1. The molecule has 1 aromatic heterocycles. The van der Waals surface area contributed by atoms with Gasteiger partial charge in [-0.2, -0.15) is 5.10 Å². The van der Waals surface area contributed by atoms with Crippen LogP contribution in [0.25, 0.3) is 0 Å². The number of hydrogen-bond acceptors (Lipinski definition) is 4. The lowest BCUT2D eigenvalue weighted by molar-refractivity contribution is 0.282. The standard InChI is InChI=1S/C15H22N4O/c1-4-14(16)12-5-7-13(8-6-12)20-9-15-17-10-18-19(15)11(2)3/h5-8,10-11,14H,4,9,16H2,1-3H3. The van der Waals surface area contributed by atoms with Crippen LogP contribution in [-0.4, -0.2) is 14.8 Å². The van der Waals surface area contributed by atoms with Gasteiger partial charge in [-0.3, -0.25) is 0 Å². The molecule has 0 amide bonds. The average Bonchev–Trinajstić information content (AvgIpc) is 2.93. The van der Waals surface area contributed by atoms with Crippen LogP contribution in [0, 0.1) is 0 Å². The first-order chi connectivity index (χ1) is 9.61. The molecule has 0 aliphatic heterocycles. The van der Waals surface area contributed by atoms with Crippen LogP contribution in [0.4, 0.5) is 0 Å². The molecular formula is C15H22N4O. The van der Waals surface area contributed by atoms with E-state index >= 15 is 0 Å². The highest BCUT2D eigenvalue weighted by molar-refractivity contribution is 5.29. The highest BCUT2D eigenvalue weighted by atomic mass is 16.5. The Morgan fingerprint density at radius 2 is 1.95 bits per heavy atom. The molecule has 1 unspecified atom stereocenters. The first-order valence-corrected chi connectivity index (χ1v) is 6.98. The van der Waals surface area contributed by atoms with Gasteiger partial charge in [-0.15, -0.1) is 0 Å². The van der Waals surface area contributed by atoms with Crippen LogP contribution in [0.2, 0.25) is 0 Å². The fourth-order valence-corrected chi connectivity index (χ4v) is 2.00. The molecule has 0 fully saturated rings.